The molecule has 0 saturated carbocycles. The SMILES string of the molecule is Cc1[nH]c2ccccc2c1CCNC(=O)c1ccc(/C=C/C(=O)NO)cc1. The van der Waals surface area contributed by atoms with E-state index in [-0.39, 0.29) is 5.91 Å². The third-order valence-electron chi connectivity index (χ3n) is 4.40. The zero-order valence-electron chi connectivity index (χ0n) is 15.0. The molecule has 0 aliphatic rings. The number of H-pyrrole nitrogens is 1. The number of rotatable bonds is 6. The molecule has 27 heavy (non-hydrogen) atoms. The van der Waals surface area contributed by atoms with Crippen molar-refractivity contribution in [2.75, 3.05) is 6.54 Å². The van der Waals surface area contributed by atoms with Crippen molar-refractivity contribution in [2.24, 2.45) is 0 Å². The van der Waals surface area contributed by atoms with Crippen molar-refractivity contribution in [3.8, 4) is 0 Å². The Bertz CT molecular complexity index is 988. The molecule has 0 unspecified atom stereocenters. The summed E-state index contributed by atoms with van der Waals surface area (Å²) in [6, 6.07) is 15.0. The molecule has 6 nitrogen and oxygen atoms in total. The summed E-state index contributed by atoms with van der Waals surface area (Å²) in [4.78, 5) is 26.6. The van der Waals surface area contributed by atoms with E-state index in [4.69, 9.17) is 5.21 Å². The van der Waals surface area contributed by atoms with Gasteiger partial charge in [-0.25, -0.2) is 5.48 Å². The Kier molecular flexibility index (Phi) is 5.68. The molecular weight excluding hydrogens is 342 g/mol. The highest BCUT2D eigenvalue weighted by Gasteiger charge is 2.09. The predicted molar refractivity (Wildman–Crippen MR) is 104 cm³/mol. The Morgan fingerprint density at radius 3 is 2.59 bits per heavy atom. The first-order chi connectivity index (χ1) is 13.1. The fourth-order valence-corrected chi connectivity index (χ4v) is 3.01. The minimum atomic E-state index is -0.607. The fourth-order valence-electron chi connectivity index (χ4n) is 3.01. The van der Waals surface area contributed by atoms with Crippen LogP contribution in [0.4, 0.5) is 0 Å². The molecule has 0 bridgehead atoms. The zero-order chi connectivity index (χ0) is 19.2. The largest absolute Gasteiger partial charge is 0.358 e. The molecule has 1 heterocycles. The number of benzene rings is 2. The third kappa shape index (κ3) is 4.43. The minimum absolute atomic E-state index is 0.142. The monoisotopic (exact) mass is 363 g/mol. The van der Waals surface area contributed by atoms with Gasteiger partial charge in [0.2, 0.25) is 0 Å². The molecule has 138 valence electrons. The van der Waals surface area contributed by atoms with E-state index in [0.717, 1.165) is 23.2 Å². The number of aryl methyl sites for hydroxylation is 1. The van der Waals surface area contributed by atoms with Gasteiger partial charge < -0.3 is 10.3 Å². The normalized spacial score (nSPS) is 11.0. The molecule has 0 aliphatic heterocycles. The molecule has 0 aliphatic carbocycles. The molecule has 3 rings (SSSR count). The van der Waals surface area contributed by atoms with Crippen LogP contribution in [0, 0.1) is 6.92 Å². The summed E-state index contributed by atoms with van der Waals surface area (Å²) in [5, 5.41) is 12.6. The van der Waals surface area contributed by atoms with E-state index in [1.165, 1.54) is 22.5 Å². The van der Waals surface area contributed by atoms with Gasteiger partial charge in [0.1, 0.15) is 0 Å². The Balaban J connectivity index is 1.58. The van der Waals surface area contributed by atoms with Crippen LogP contribution in [-0.4, -0.2) is 28.6 Å². The summed E-state index contributed by atoms with van der Waals surface area (Å²) >= 11 is 0. The van der Waals surface area contributed by atoms with Gasteiger partial charge >= 0.3 is 0 Å². The van der Waals surface area contributed by atoms with Gasteiger partial charge in [-0.3, -0.25) is 14.8 Å². The summed E-state index contributed by atoms with van der Waals surface area (Å²) in [6.45, 7) is 2.58. The second-order valence-corrected chi connectivity index (χ2v) is 6.21. The summed E-state index contributed by atoms with van der Waals surface area (Å²) < 4.78 is 0. The number of amides is 2. The molecule has 0 saturated heterocycles. The van der Waals surface area contributed by atoms with Crippen LogP contribution in [0.15, 0.2) is 54.6 Å². The van der Waals surface area contributed by atoms with Crippen molar-refractivity contribution in [1.82, 2.24) is 15.8 Å². The summed E-state index contributed by atoms with van der Waals surface area (Å²) in [5.41, 5.74) is 6.27. The van der Waals surface area contributed by atoms with Crippen molar-refractivity contribution < 1.29 is 14.8 Å². The zero-order valence-corrected chi connectivity index (χ0v) is 15.0. The number of aromatic nitrogens is 1. The predicted octanol–water partition coefficient (Wildman–Crippen LogP) is 2.97. The van der Waals surface area contributed by atoms with Crippen LogP contribution in [0.2, 0.25) is 0 Å². The first kappa shape index (κ1) is 18.4. The van der Waals surface area contributed by atoms with Crippen molar-refractivity contribution >= 4 is 28.8 Å². The number of hydroxylamine groups is 1. The second-order valence-electron chi connectivity index (χ2n) is 6.21. The fraction of sp³-hybridized carbons (Fsp3) is 0.143. The Morgan fingerprint density at radius 2 is 1.85 bits per heavy atom. The van der Waals surface area contributed by atoms with Gasteiger partial charge in [0, 0.05) is 34.8 Å². The highest BCUT2D eigenvalue weighted by atomic mass is 16.5. The minimum Gasteiger partial charge on any atom is -0.358 e. The molecule has 3 aromatic rings. The lowest BCUT2D eigenvalue weighted by atomic mass is 10.1. The van der Waals surface area contributed by atoms with Crippen LogP contribution >= 0.6 is 0 Å². The number of fused-ring (bicyclic) bond motifs is 1. The van der Waals surface area contributed by atoms with Gasteiger partial charge in [0.25, 0.3) is 11.8 Å². The van der Waals surface area contributed by atoms with E-state index in [2.05, 4.69) is 16.4 Å². The van der Waals surface area contributed by atoms with Crippen molar-refractivity contribution in [3.05, 3.63) is 77.0 Å². The Labute approximate surface area is 156 Å². The average molecular weight is 363 g/mol. The van der Waals surface area contributed by atoms with Crippen molar-refractivity contribution in [3.63, 3.8) is 0 Å². The first-order valence-corrected chi connectivity index (χ1v) is 8.65. The van der Waals surface area contributed by atoms with Crippen molar-refractivity contribution in [2.45, 2.75) is 13.3 Å². The number of para-hydroxylation sites is 1. The van der Waals surface area contributed by atoms with E-state index in [1.54, 1.807) is 30.3 Å². The van der Waals surface area contributed by atoms with Gasteiger partial charge in [-0.05, 0) is 48.7 Å². The van der Waals surface area contributed by atoms with Gasteiger partial charge in [0.15, 0.2) is 0 Å². The molecule has 0 radical (unpaired) electrons. The molecule has 2 amide bonds. The van der Waals surface area contributed by atoms with E-state index >= 15 is 0 Å². The highest BCUT2D eigenvalue weighted by Crippen LogP contribution is 2.21. The second kappa shape index (κ2) is 8.33. The molecular formula is C21H21N3O3. The summed E-state index contributed by atoms with van der Waals surface area (Å²) in [5.74, 6) is -0.750. The van der Waals surface area contributed by atoms with Gasteiger partial charge in [-0.15, -0.1) is 0 Å². The van der Waals surface area contributed by atoms with E-state index in [0.29, 0.717) is 12.1 Å². The van der Waals surface area contributed by atoms with E-state index in [9.17, 15) is 9.59 Å². The number of carbonyl (C=O) groups excluding carboxylic acids is 2. The smallest absolute Gasteiger partial charge is 0.267 e. The Hall–Kier alpha value is -3.38. The van der Waals surface area contributed by atoms with E-state index < -0.39 is 5.91 Å². The molecule has 1 aromatic heterocycles. The number of carbonyl (C=O) groups is 2. The van der Waals surface area contributed by atoms with Gasteiger partial charge in [-0.2, -0.15) is 0 Å². The lowest BCUT2D eigenvalue weighted by Gasteiger charge is -2.06. The lowest BCUT2D eigenvalue weighted by Crippen LogP contribution is -2.25. The average Bonchev–Trinajstić information content (AvgIpc) is 3.01. The van der Waals surface area contributed by atoms with Crippen LogP contribution in [-0.2, 0) is 11.2 Å². The number of hydrogen-bond donors (Lipinski definition) is 4. The number of aromatic amines is 1. The van der Waals surface area contributed by atoms with Crippen LogP contribution in [0.5, 0.6) is 0 Å². The molecule has 6 heteroatoms. The van der Waals surface area contributed by atoms with Crippen LogP contribution < -0.4 is 10.8 Å². The number of nitrogens with one attached hydrogen (secondary N) is 3. The van der Waals surface area contributed by atoms with Crippen LogP contribution in [0.25, 0.3) is 17.0 Å². The molecule has 0 atom stereocenters. The van der Waals surface area contributed by atoms with Gasteiger partial charge in [-0.1, -0.05) is 30.3 Å². The van der Waals surface area contributed by atoms with Crippen LogP contribution in [0.3, 0.4) is 0 Å². The third-order valence-corrected chi connectivity index (χ3v) is 4.40. The maximum atomic E-state index is 12.3. The molecule has 4 N–H and O–H groups in total. The summed E-state index contributed by atoms with van der Waals surface area (Å²) in [7, 11) is 0. The quantitative estimate of drug-likeness (QED) is 0.308. The number of hydrogen-bond acceptors (Lipinski definition) is 3. The highest BCUT2D eigenvalue weighted by molar-refractivity contribution is 5.95. The van der Waals surface area contributed by atoms with E-state index in [1.807, 2.05) is 25.1 Å². The maximum Gasteiger partial charge on any atom is 0.267 e. The van der Waals surface area contributed by atoms with Gasteiger partial charge in [0.05, 0.1) is 0 Å². The molecule has 0 fully saturated rings. The van der Waals surface area contributed by atoms with Crippen LogP contribution in [0.1, 0.15) is 27.2 Å². The van der Waals surface area contributed by atoms with Crippen molar-refractivity contribution in [1.29, 1.82) is 0 Å². The lowest BCUT2D eigenvalue weighted by molar-refractivity contribution is -0.124. The first-order valence-electron chi connectivity index (χ1n) is 8.65. The topological polar surface area (TPSA) is 94.2 Å². The Morgan fingerprint density at radius 1 is 1.11 bits per heavy atom. The summed E-state index contributed by atoms with van der Waals surface area (Å²) in [6.07, 6.45) is 3.50. The standard InChI is InChI=1S/C21H21N3O3/c1-14-17(18-4-2-3-5-19(18)23-14)12-13-22-21(26)16-9-6-15(7-10-16)8-11-20(25)24-27/h2-11,23,27H,12-13H2,1H3,(H,22,26)(H,24,25)/b11-8+. The maximum absolute atomic E-state index is 12.3. The molecule has 0 spiro atoms. The molecule has 2 aromatic carbocycles.